The van der Waals surface area contributed by atoms with Crippen molar-refractivity contribution in [1.29, 1.82) is 0 Å². The van der Waals surface area contributed by atoms with Crippen LogP contribution in [0.25, 0.3) is 5.57 Å². The first kappa shape index (κ1) is 16.9. The molecule has 0 aliphatic carbocycles. The Hall–Kier alpha value is -1.58. The summed E-state index contributed by atoms with van der Waals surface area (Å²) in [4.78, 5) is 7.16. The van der Waals surface area contributed by atoms with Crippen molar-refractivity contribution in [2.24, 2.45) is 0 Å². The molecule has 0 N–H and O–H groups in total. The molecule has 3 heterocycles. The fourth-order valence-corrected chi connectivity index (χ4v) is 4.13. The lowest BCUT2D eigenvalue weighted by atomic mass is 9.99. The Balaban J connectivity index is 1.27. The van der Waals surface area contributed by atoms with Crippen LogP contribution in [0.4, 0.5) is 0 Å². The molecule has 0 saturated carbocycles. The summed E-state index contributed by atoms with van der Waals surface area (Å²) in [7, 11) is 0. The van der Waals surface area contributed by atoms with Crippen molar-refractivity contribution in [3.05, 3.63) is 58.6 Å². The van der Waals surface area contributed by atoms with E-state index in [-0.39, 0.29) is 0 Å². The molecule has 0 amide bonds. The topological polar surface area (TPSA) is 21.1 Å². The van der Waals surface area contributed by atoms with Gasteiger partial charge in [0.1, 0.15) is 5.82 Å². The van der Waals surface area contributed by atoms with E-state index in [2.05, 4.69) is 38.9 Å². The maximum Gasteiger partial charge on any atom is 0.108 e. The molecule has 3 nitrogen and oxygen atoms in total. The van der Waals surface area contributed by atoms with Gasteiger partial charge in [0, 0.05) is 43.0 Å². The van der Waals surface area contributed by atoms with E-state index in [0.29, 0.717) is 0 Å². The van der Waals surface area contributed by atoms with Gasteiger partial charge in [-0.1, -0.05) is 29.8 Å². The minimum absolute atomic E-state index is 0.809. The van der Waals surface area contributed by atoms with Gasteiger partial charge in [0.05, 0.1) is 0 Å². The van der Waals surface area contributed by atoms with Crippen LogP contribution in [0.1, 0.15) is 42.8 Å². The molecule has 1 aromatic carbocycles. The van der Waals surface area contributed by atoms with Gasteiger partial charge in [0.25, 0.3) is 0 Å². The molecular formula is C21H26ClN3. The first-order chi connectivity index (χ1) is 12.3. The van der Waals surface area contributed by atoms with Gasteiger partial charge >= 0.3 is 0 Å². The third-order valence-corrected chi connectivity index (χ3v) is 5.72. The fourth-order valence-electron chi connectivity index (χ4n) is 4.00. The zero-order valence-corrected chi connectivity index (χ0v) is 15.5. The first-order valence-electron chi connectivity index (χ1n) is 9.50. The number of rotatable bonds is 5. The molecule has 0 unspecified atom stereocenters. The molecule has 0 bridgehead atoms. The molecule has 132 valence electrons. The van der Waals surface area contributed by atoms with Gasteiger partial charge in [0.2, 0.25) is 0 Å². The van der Waals surface area contributed by atoms with Gasteiger partial charge in [0.15, 0.2) is 0 Å². The van der Waals surface area contributed by atoms with E-state index < -0.39 is 0 Å². The minimum Gasteiger partial charge on any atom is -0.332 e. The lowest BCUT2D eigenvalue weighted by molar-refractivity contribution is 0.297. The largest absolute Gasteiger partial charge is 0.332 e. The van der Waals surface area contributed by atoms with E-state index in [0.717, 1.165) is 37.4 Å². The number of nitrogens with zero attached hydrogens (tertiary/aromatic N) is 3. The summed E-state index contributed by atoms with van der Waals surface area (Å²) in [6, 6.07) is 8.23. The highest BCUT2D eigenvalue weighted by molar-refractivity contribution is 6.30. The average Bonchev–Trinajstić information content (AvgIpc) is 3.06. The van der Waals surface area contributed by atoms with E-state index in [4.69, 9.17) is 11.6 Å². The maximum absolute atomic E-state index is 5.98. The normalized spacial score (nSPS) is 18.0. The Bertz CT molecular complexity index is 745. The Morgan fingerprint density at radius 2 is 1.92 bits per heavy atom. The second-order valence-corrected chi connectivity index (χ2v) is 7.60. The van der Waals surface area contributed by atoms with Crippen molar-refractivity contribution in [2.45, 2.75) is 45.1 Å². The molecule has 4 rings (SSSR count). The fraction of sp³-hybridized carbons (Fsp3) is 0.476. The molecule has 2 aliphatic heterocycles. The van der Waals surface area contributed by atoms with Crippen molar-refractivity contribution in [2.75, 3.05) is 19.6 Å². The zero-order valence-electron chi connectivity index (χ0n) is 14.8. The van der Waals surface area contributed by atoms with E-state index in [9.17, 15) is 0 Å². The van der Waals surface area contributed by atoms with Crippen LogP contribution in [-0.4, -0.2) is 34.1 Å². The Morgan fingerprint density at radius 1 is 1.04 bits per heavy atom. The number of halogens is 1. The molecule has 0 fully saturated rings. The van der Waals surface area contributed by atoms with Gasteiger partial charge in [-0.05, 0) is 61.9 Å². The average molecular weight is 356 g/mol. The standard InChI is InChI=1S/C21H26ClN3/c22-19-8-6-17(7-9-19)18-10-14-24(15-11-18)12-3-4-20-16-23-21-5-1-2-13-25(20)21/h6-10,16H,1-5,11-15H2. The smallest absolute Gasteiger partial charge is 0.108 e. The highest BCUT2D eigenvalue weighted by Gasteiger charge is 2.15. The lowest BCUT2D eigenvalue weighted by Gasteiger charge is -2.26. The van der Waals surface area contributed by atoms with Crippen LogP contribution in [-0.2, 0) is 19.4 Å². The lowest BCUT2D eigenvalue weighted by Crippen LogP contribution is -2.29. The Morgan fingerprint density at radius 3 is 2.72 bits per heavy atom. The number of hydrogen-bond donors (Lipinski definition) is 0. The number of hydrogen-bond acceptors (Lipinski definition) is 2. The molecule has 25 heavy (non-hydrogen) atoms. The summed E-state index contributed by atoms with van der Waals surface area (Å²) in [5.41, 5.74) is 4.21. The minimum atomic E-state index is 0.809. The summed E-state index contributed by atoms with van der Waals surface area (Å²) >= 11 is 5.98. The van der Waals surface area contributed by atoms with E-state index in [1.54, 1.807) is 0 Å². The van der Waals surface area contributed by atoms with Crippen molar-refractivity contribution >= 4 is 17.2 Å². The summed E-state index contributed by atoms with van der Waals surface area (Å²) in [5.74, 6) is 1.30. The number of aryl methyl sites for hydroxylation is 2. The van der Waals surface area contributed by atoms with Crippen molar-refractivity contribution in [3.63, 3.8) is 0 Å². The second-order valence-electron chi connectivity index (χ2n) is 7.16. The molecule has 0 atom stereocenters. The molecule has 2 aromatic rings. The van der Waals surface area contributed by atoms with Crippen molar-refractivity contribution in [3.8, 4) is 0 Å². The van der Waals surface area contributed by atoms with E-state index >= 15 is 0 Å². The molecule has 2 aliphatic rings. The summed E-state index contributed by atoms with van der Waals surface area (Å²) in [6.07, 6.45) is 11.7. The predicted octanol–water partition coefficient (Wildman–Crippen LogP) is 4.59. The molecule has 4 heteroatoms. The van der Waals surface area contributed by atoms with Gasteiger partial charge in [-0.2, -0.15) is 0 Å². The van der Waals surface area contributed by atoms with Gasteiger partial charge in [-0.25, -0.2) is 4.98 Å². The summed E-state index contributed by atoms with van der Waals surface area (Å²) in [6.45, 7) is 4.55. The predicted molar refractivity (Wildman–Crippen MR) is 104 cm³/mol. The highest BCUT2D eigenvalue weighted by Crippen LogP contribution is 2.24. The molecule has 1 aromatic heterocycles. The number of fused-ring (bicyclic) bond motifs is 1. The van der Waals surface area contributed by atoms with Gasteiger partial charge < -0.3 is 4.57 Å². The monoisotopic (exact) mass is 355 g/mol. The van der Waals surface area contributed by atoms with Crippen molar-refractivity contribution in [1.82, 2.24) is 14.5 Å². The van der Waals surface area contributed by atoms with Gasteiger partial charge in [-0.15, -0.1) is 0 Å². The summed E-state index contributed by atoms with van der Waals surface area (Å²) in [5, 5.41) is 0.809. The quantitative estimate of drug-likeness (QED) is 0.781. The van der Waals surface area contributed by atoms with Crippen molar-refractivity contribution < 1.29 is 0 Å². The van der Waals surface area contributed by atoms with Crippen LogP contribution in [0.2, 0.25) is 5.02 Å². The number of imidazole rings is 1. The third-order valence-electron chi connectivity index (χ3n) is 5.47. The Kier molecular flexibility index (Phi) is 5.23. The van der Waals surface area contributed by atoms with Gasteiger partial charge in [-0.3, -0.25) is 4.90 Å². The van der Waals surface area contributed by atoms with Crippen LogP contribution < -0.4 is 0 Å². The molecule has 0 radical (unpaired) electrons. The van der Waals surface area contributed by atoms with Crippen LogP contribution in [0.5, 0.6) is 0 Å². The zero-order chi connectivity index (χ0) is 17.1. The van der Waals surface area contributed by atoms with Crippen LogP contribution in [0.3, 0.4) is 0 Å². The summed E-state index contributed by atoms with van der Waals surface area (Å²) < 4.78 is 2.46. The molecular weight excluding hydrogens is 330 g/mol. The highest BCUT2D eigenvalue weighted by atomic mass is 35.5. The second kappa shape index (κ2) is 7.76. The Labute approximate surface area is 155 Å². The number of aromatic nitrogens is 2. The first-order valence-corrected chi connectivity index (χ1v) is 9.88. The molecule has 0 spiro atoms. The molecule has 0 saturated heterocycles. The number of benzene rings is 1. The van der Waals surface area contributed by atoms with Crippen LogP contribution in [0.15, 0.2) is 36.5 Å². The SMILES string of the molecule is Clc1ccc(C2=CCN(CCCc3cnc4n3CCCC4)CC2)cc1. The van der Waals surface area contributed by atoms with E-state index in [1.165, 1.54) is 55.0 Å². The van der Waals surface area contributed by atoms with Crippen LogP contribution >= 0.6 is 11.6 Å². The van der Waals surface area contributed by atoms with E-state index in [1.807, 2.05) is 12.1 Å². The third kappa shape index (κ3) is 3.99. The maximum atomic E-state index is 5.98. The van der Waals surface area contributed by atoms with Crippen LogP contribution in [0, 0.1) is 0 Å².